The Labute approximate surface area is 113 Å². The first kappa shape index (κ1) is 14.8. The number of rotatable bonds is 3. The third-order valence-electron chi connectivity index (χ3n) is 2.33. The molecule has 21 heavy (non-hydrogen) atoms. The zero-order valence-electron chi connectivity index (χ0n) is 9.97. The van der Waals surface area contributed by atoms with Gasteiger partial charge in [0.2, 0.25) is 11.6 Å². The molecule has 0 saturated carbocycles. The predicted molar refractivity (Wildman–Crippen MR) is 61.6 cm³/mol. The molecule has 0 aliphatic rings. The Morgan fingerprint density at radius 2 is 1.52 bits per heavy atom. The number of aromatic nitrogens is 1. The number of nitrogens with one attached hydrogen (secondary N) is 1. The van der Waals surface area contributed by atoms with Crippen molar-refractivity contribution in [2.24, 2.45) is 5.10 Å². The predicted octanol–water partition coefficient (Wildman–Crippen LogP) is 3.36. The Kier molecular flexibility index (Phi) is 4.10. The molecule has 0 amide bonds. The van der Waals surface area contributed by atoms with Crippen LogP contribution in [0, 0.1) is 35.2 Å². The first-order chi connectivity index (χ1) is 9.90. The minimum absolute atomic E-state index is 0.0530. The van der Waals surface area contributed by atoms with Crippen molar-refractivity contribution in [3.05, 3.63) is 58.9 Å². The molecule has 110 valence electrons. The van der Waals surface area contributed by atoms with Crippen molar-refractivity contribution < 1.29 is 26.3 Å². The lowest BCUT2D eigenvalue weighted by Crippen LogP contribution is -2.05. The summed E-state index contributed by atoms with van der Waals surface area (Å²) in [5, 5.41) is 3.28. The van der Waals surface area contributed by atoms with E-state index in [1.807, 2.05) is 0 Å². The minimum Gasteiger partial charge on any atom is -0.272 e. The van der Waals surface area contributed by atoms with E-state index in [1.54, 1.807) is 5.43 Å². The fourth-order valence-electron chi connectivity index (χ4n) is 1.35. The molecule has 1 aromatic heterocycles. The molecule has 0 spiro atoms. The number of pyridine rings is 1. The van der Waals surface area contributed by atoms with Crippen LogP contribution in [0.15, 0.2) is 23.3 Å². The SMILES string of the molecule is Fc1ccc(/C=N/Nc2c(F)c(F)nc(F)c2F)cc1F. The number of hydrazone groups is 1. The second-order valence-corrected chi connectivity index (χ2v) is 3.74. The van der Waals surface area contributed by atoms with E-state index in [0.29, 0.717) is 0 Å². The zero-order valence-corrected chi connectivity index (χ0v) is 9.97. The third kappa shape index (κ3) is 3.12. The maximum atomic E-state index is 13.2. The van der Waals surface area contributed by atoms with Crippen molar-refractivity contribution in [3.63, 3.8) is 0 Å². The Bertz CT molecular complexity index is 690. The first-order valence-corrected chi connectivity index (χ1v) is 5.34. The number of hydrogen-bond donors (Lipinski definition) is 1. The number of anilines is 1. The van der Waals surface area contributed by atoms with Gasteiger partial charge in [-0.25, -0.2) is 8.78 Å². The smallest absolute Gasteiger partial charge is 0.254 e. The van der Waals surface area contributed by atoms with Crippen molar-refractivity contribution in [2.45, 2.75) is 0 Å². The topological polar surface area (TPSA) is 37.3 Å². The largest absolute Gasteiger partial charge is 0.272 e. The average molecular weight is 305 g/mol. The Morgan fingerprint density at radius 3 is 2.10 bits per heavy atom. The molecule has 0 aliphatic heterocycles. The normalized spacial score (nSPS) is 11.1. The van der Waals surface area contributed by atoms with Crippen molar-refractivity contribution in [2.75, 3.05) is 5.43 Å². The van der Waals surface area contributed by atoms with Gasteiger partial charge in [0.15, 0.2) is 11.6 Å². The first-order valence-electron chi connectivity index (χ1n) is 5.34. The highest BCUT2D eigenvalue weighted by molar-refractivity contribution is 5.80. The molecule has 9 heteroatoms. The van der Waals surface area contributed by atoms with Crippen LogP contribution in [0.25, 0.3) is 0 Å². The fourth-order valence-corrected chi connectivity index (χ4v) is 1.35. The Balaban J connectivity index is 2.23. The summed E-state index contributed by atoms with van der Waals surface area (Å²) in [5.41, 5.74) is 0.586. The van der Waals surface area contributed by atoms with Gasteiger partial charge in [0.1, 0.15) is 5.69 Å². The second kappa shape index (κ2) is 5.81. The molecule has 1 heterocycles. The van der Waals surface area contributed by atoms with Crippen molar-refractivity contribution >= 4 is 11.9 Å². The molecule has 2 aromatic rings. The van der Waals surface area contributed by atoms with E-state index in [-0.39, 0.29) is 5.56 Å². The third-order valence-corrected chi connectivity index (χ3v) is 2.33. The summed E-state index contributed by atoms with van der Waals surface area (Å²) in [4.78, 5) is 2.35. The Morgan fingerprint density at radius 1 is 0.905 bits per heavy atom. The molecule has 1 aromatic carbocycles. The van der Waals surface area contributed by atoms with Gasteiger partial charge in [-0.3, -0.25) is 5.43 Å². The molecule has 0 radical (unpaired) electrons. The highest BCUT2D eigenvalue weighted by Crippen LogP contribution is 2.21. The molecule has 1 N–H and O–H groups in total. The van der Waals surface area contributed by atoms with Crippen LogP contribution in [0.5, 0.6) is 0 Å². The quantitative estimate of drug-likeness (QED) is 0.408. The van der Waals surface area contributed by atoms with Crippen molar-refractivity contribution in [3.8, 4) is 0 Å². The van der Waals surface area contributed by atoms with Crippen LogP contribution >= 0.6 is 0 Å². The van der Waals surface area contributed by atoms with E-state index >= 15 is 0 Å². The van der Waals surface area contributed by atoms with Crippen LogP contribution in [0.4, 0.5) is 32.0 Å². The maximum Gasteiger partial charge on any atom is 0.254 e. The molecule has 0 saturated heterocycles. The van der Waals surface area contributed by atoms with Gasteiger partial charge in [-0.05, 0) is 17.7 Å². The van der Waals surface area contributed by atoms with Gasteiger partial charge in [0.05, 0.1) is 6.21 Å². The van der Waals surface area contributed by atoms with Crippen LogP contribution < -0.4 is 5.43 Å². The lowest BCUT2D eigenvalue weighted by atomic mass is 10.2. The summed E-state index contributed by atoms with van der Waals surface area (Å²) in [6, 6.07) is 2.70. The molecular formula is C12H5F6N3. The van der Waals surface area contributed by atoms with Crippen molar-refractivity contribution in [1.82, 2.24) is 4.98 Å². The zero-order chi connectivity index (χ0) is 15.6. The molecular weight excluding hydrogens is 300 g/mol. The molecule has 0 atom stereocenters. The molecule has 0 unspecified atom stereocenters. The van der Waals surface area contributed by atoms with E-state index in [9.17, 15) is 26.3 Å². The van der Waals surface area contributed by atoms with Gasteiger partial charge >= 0.3 is 0 Å². The van der Waals surface area contributed by atoms with E-state index in [2.05, 4.69) is 10.1 Å². The minimum atomic E-state index is -1.85. The van der Waals surface area contributed by atoms with Gasteiger partial charge < -0.3 is 0 Å². The van der Waals surface area contributed by atoms with Crippen LogP contribution in [-0.4, -0.2) is 11.2 Å². The second-order valence-electron chi connectivity index (χ2n) is 3.74. The van der Waals surface area contributed by atoms with E-state index in [1.165, 1.54) is 0 Å². The monoisotopic (exact) mass is 305 g/mol. The van der Waals surface area contributed by atoms with Crippen LogP contribution in [0.1, 0.15) is 5.56 Å². The number of hydrogen-bond acceptors (Lipinski definition) is 3. The average Bonchev–Trinajstić information content (AvgIpc) is 2.44. The molecule has 2 rings (SSSR count). The molecule has 0 bridgehead atoms. The number of benzene rings is 1. The Hall–Kier alpha value is -2.58. The maximum absolute atomic E-state index is 13.2. The lowest BCUT2D eigenvalue weighted by Gasteiger charge is -2.04. The molecule has 0 aliphatic carbocycles. The highest BCUT2D eigenvalue weighted by atomic mass is 19.2. The summed E-state index contributed by atoms with van der Waals surface area (Å²) in [5.74, 6) is -9.47. The van der Waals surface area contributed by atoms with Crippen molar-refractivity contribution in [1.29, 1.82) is 0 Å². The fraction of sp³-hybridized carbons (Fsp3) is 0. The summed E-state index contributed by atoms with van der Waals surface area (Å²) in [6.07, 6.45) is 0.873. The van der Waals surface area contributed by atoms with E-state index in [0.717, 1.165) is 24.4 Å². The van der Waals surface area contributed by atoms with Gasteiger partial charge in [-0.1, -0.05) is 6.07 Å². The standard InChI is InChI=1S/C12H5F6N3/c13-6-2-1-5(3-7(6)14)4-19-21-10-8(15)11(17)20-12(18)9(10)16/h1-4H,(H,20,21)/b19-4+. The van der Waals surface area contributed by atoms with E-state index < -0.39 is 40.9 Å². The van der Waals surface area contributed by atoms with Crippen LogP contribution in [0.2, 0.25) is 0 Å². The van der Waals surface area contributed by atoms with Gasteiger partial charge in [-0.2, -0.15) is 27.6 Å². The highest BCUT2D eigenvalue weighted by Gasteiger charge is 2.20. The summed E-state index contributed by atoms with van der Waals surface area (Å²) >= 11 is 0. The summed E-state index contributed by atoms with van der Waals surface area (Å²) in [6.45, 7) is 0. The number of halogens is 6. The molecule has 3 nitrogen and oxygen atoms in total. The van der Waals surface area contributed by atoms with Gasteiger partial charge in [-0.15, -0.1) is 0 Å². The summed E-state index contributed by atoms with van der Waals surface area (Å²) in [7, 11) is 0. The number of nitrogens with zero attached hydrogens (tertiary/aromatic N) is 2. The van der Waals surface area contributed by atoms with Crippen LogP contribution in [0.3, 0.4) is 0 Å². The van der Waals surface area contributed by atoms with E-state index in [4.69, 9.17) is 0 Å². The summed E-state index contributed by atoms with van der Waals surface area (Å²) < 4.78 is 77.5. The lowest BCUT2D eigenvalue weighted by molar-refractivity contribution is 0.411. The van der Waals surface area contributed by atoms with Crippen LogP contribution in [-0.2, 0) is 0 Å². The van der Waals surface area contributed by atoms with Gasteiger partial charge in [0, 0.05) is 0 Å². The van der Waals surface area contributed by atoms with Gasteiger partial charge in [0.25, 0.3) is 11.9 Å². The molecule has 0 fully saturated rings.